The Labute approximate surface area is 109 Å². The maximum Gasteiger partial charge on any atom is 0.255 e. The Morgan fingerprint density at radius 3 is 2.67 bits per heavy atom. The number of hydrogen-bond donors (Lipinski definition) is 1. The van der Waals surface area contributed by atoms with Crippen molar-refractivity contribution in [2.24, 2.45) is 0 Å². The van der Waals surface area contributed by atoms with Gasteiger partial charge in [0.25, 0.3) is 6.43 Å². The van der Waals surface area contributed by atoms with E-state index in [0.717, 1.165) is 0 Å². The van der Waals surface area contributed by atoms with Crippen molar-refractivity contribution in [2.45, 2.75) is 6.43 Å². The molecule has 0 unspecified atom stereocenters. The summed E-state index contributed by atoms with van der Waals surface area (Å²) in [5, 5.41) is 1.81. The third kappa shape index (κ3) is 2.56. The Morgan fingerprint density at radius 1 is 1.28 bits per heavy atom. The van der Waals surface area contributed by atoms with Crippen LogP contribution in [0.2, 0.25) is 10.4 Å². The molecule has 0 aromatic carbocycles. The fraction of sp³-hybridized carbons (Fsp3) is 0.222. The quantitative estimate of drug-likeness (QED) is 0.698. The average molecular weight is 297 g/mol. The molecular formula is C9H5Cl2F3N4. The number of pyridine rings is 1. The van der Waals surface area contributed by atoms with E-state index in [-0.39, 0.29) is 27.2 Å². The molecule has 0 atom stereocenters. The highest BCUT2D eigenvalue weighted by molar-refractivity contribution is 6.30. The fourth-order valence-corrected chi connectivity index (χ4v) is 1.62. The van der Waals surface area contributed by atoms with Gasteiger partial charge in [0.2, 0.25) is 5.28 Å². The van der Waals surface area contributed by atoms with Crippen LogP contribution in [0.15, 0.2) is 6.20 Å². The Kier molecular flexibility index (Phi) is 3.72. The summed E-state index contributed by atoms with van der Waals surface area (Å²) in [6.07, 6.45) is -1.40. The Morgan fingerprint density at radius 2 is 2.00 bits per heavy atom. The first kappa shape index (κ1) is 13.1. The minimum Gasteiger partial charge on any atom is -0.364 e. The first-order valence-electron chi connectivity index (χ1n) is 4.68. The lowest BCUT2D eigenvalue weighted by molar-refractivity contribution is 0.163. The van der Waals surface area contributed by atoms with Gasteiger partial charge in [-0.1, -0.05) is 11.6 Å². The largest absolute Gasteiger partial charge is 0.364 e. The van der Waals surface area contributed by atoms with Gasteiger partial charge in [0.05, 0.1) is 11.9 Å². The van der Waals surface area contributed by atoms with Crippen molar-refractivity contribution in [3.63, 3.8) is 0 Å². The standard InChI is InChI=1S/C9H5Cl2F3N4/c10-7-5(14)6-3(1-15-7)8(16-2-4(12)13)18-9(11)17-6/h1,4H,2H2,(H,16,17,18). The number of aromatic nitrogens is 3. The maximum atomic E-state index is 13.6. The van der Waals surface area contributed by atoms with Crippen LogP contribution in [0.25, 0.3) is 10.9 Å². The molecule has 96 valence electrons. The van der Waals surface area contributed by atoms with E-state index in [0.29, 0.717) is 0 Å². The smallest absolute Gasteiger partial charge is 0.255 e. The Balaban J connectivity index is 2.56. The van der Waals surface area contributed by atoms with Crippen LogP contribution in [0.5, 0.6) is 0 Å². The third-order valence-corrected chi connectivity index (χ3v) is 2.47. The van der Waals surface area contributed by atoms with Gasteiger partial charge in [-0.25, -0.2) is 28.1 Å². The van der Waals surface area contributed by atoms with Crippen molar-refractivity contribution in [1.82, 2.24) is 15.0 Å². The van der Waals surface area contributed by atoms with Gasteiger partial charge in [-0.2, -0.15) is 0 Å². The number of nitrogens with one attached hydrogen (secondary N) is 1. The van der Waals surface area contributed by atoms with Gasteiger partial charge in [-0.05, 0) is 11.6 Å². The topological polar surface area (TPSA) is 50.7 Å². The second-order valence-electron chi connectivity index (χ2n) is 3.24. The zero-order chi connectivity index (χ0) is 13.3. The lowest BCUT2D eigenvalue weighted by Crippen LogP contribution is -2.12. The number of anilines is 1. The van der Waals surface area contributed by atoms with E-state index in [9.17, 15) is 13.2 Å². The molecule has 0 bridgehead atoms. The Bertz CT molecular complexity index is 594. The Hall–Kier alpha value is -1.34. The zero-order valence-corrected chi connectivity index (χ0v) is 10.1. The molecule has 2 aromatic rings. The predicted molar refractivity (Wildman–Crippen MR) is 61.8 cm³/mol. The molecule has 18 heavy (non-hydrogen) atoms. The van der Waals surface area contributed by atoms with Crippen molar-refractivity contribution in [2.75, 3.05) is 11.9 Å². The van der Waals surface area contributed by atoms with Crippen LogP contribution in [-0.2, 0) is 0 Å². The summed E-state index contributed by atoms with van der Waals surface area (Å²) in [5.74, 6) is -0.896. The number of fused-ring (bicyclic) bond motifs is 1. The van der Waals surface area contributed by atoms with Gasteiger partial charge in [0, 0.05) is 6.20 Å². The molecule has 0 saturated carbocycles. The second-order valence-corrected chi connectivity index (χ2v) is 3.93. The van der Waals surface area contributed by atoms with Crippen LogP contribution in [-0.4, -0.2) is 27.9 Å². The molecule has 2 rings (SSSR count). The molecule has 0 radical (unpaired) electrons. The monoisotopic (exact) mass is 296 g/mol. The summed E-state index contributed by atoms with van der Waals surface area (Å²) < 4.78 is 37.9. The highest BCUT2D eigenvalue weighted by Gasteiger charge is 2.15. The first-order valence-corrected chi connectivity index (χ1v) is 5.44. The molecule has 0 aliphatic heterocycles. The molecule has 4 nitrogen and oxygen atoms in total. The molecule has 2 heterocycles. The number of alkyl halides is 2. The minimum atomic E-state index is -2.58. The van der Waals surface area contributed by atoms with E-state index in [1.165, 1.54) is 6.20 Å². The van der Waals surface area contributed by atoms with E-state index in [2.05, 4.69) is 20.3 Å². The lowest BCUT2D eigenvalue weighted by atomic mass is 10.3. The van der Waals surface area contributed by atoms with Crippen LogP contribution in [0.1, 0.15) is 0 Å². The minimum absolute atomic E-state index is 0.0200. The average Bonchev–Trinajstić information content (AvgIpc) is 2.31. The first-order chi connectivity index (χ1) is 8.49. The molecule has 9 heteroatoms. The van der Waals surface area contributed by atoms with E-state index in [4.69, 9.17) is 23.2 Å². The van der Waals surface area contributed by atoms with Crippen LogP contribution in [0, 0.1) is 5.82 Å². The second kappa shape index (κ2) is 5.11. The fourth-order valence-electron chi connectivity index (χ4n) is 1.32. The molecule has 0 amide bonds. The summed E-state index contributed by atoms with van der Waals surface area (Å²) in [5.41, 5.74) is -0.174. The van der Waals surface area contributed by atoms with Crippen LogP contribution < -0.4 is 5.32 Å². The molecule has 0 fully saturated rings. The molecule has 2 aromatic heterocycles. The summed E-state index contributed by atoms with van der Waals surface area (Å²) in [7, 11) is 0. The highest BCUT2D eigenvalue weighted by Crippen LogP contribution is 2.26. The molecule has 1 N–H and O–H groups in total. The molecule has 0 spiro atoms. The van der Waals surface area contributed by atoms with Crippen LogP contribution in [0.4, 0.5) is 19.0 Å². The van der Waals surface area contributed by atoms with Crippen molar-refractivity contribution in [3.05, 3.63) is 22.5 Å². The zero-order valence-electron chi connectivity index (χ0n) is 8.59. The number of hydrogen-bond acceptors (Lipinski definition) is 4. The normalized spacial score (nSPS) is 11.2. The van der Waals surface area contributed by atoms with E-state index in [1.54, 1.807) is 0 Å². The van der Waals surface area contributed by atoms with Crippen molar-refractivity contribution >= 4 is 39.9 Å². The lowest BCUT2D eigenvalue weighted by Gasteiger charge is -2.08. The summed E-state index contributed by atoms with van der Waals surface area (Å²) in [6, 6.07) is 0. The highest BCUT2D eigenvalue weighted by atomic mass is 35.5. The summed E-state index contributed by atoms with van der Waals surface area (Å²) in [4.78, 5) is 10.9. The molecule has 0 saturated heterocycles. The number of rotatable bonds is 3. The van der Waals surface area contributed by atoms with Gasteiger partial charge >= 0.3 is 0 Å². The predicted octanol–water partition coefficient (Wildman–Crippen LogP) is 3.15. The summed E-state index contributed by atoms with van der Waals surface area (Å²) >= 11 is 11.1. The number of halogens is 5. The molecular weight excluding hydrogens is 292 g/mol. The summed E-state index contributed by atoms with van der Waals surface area (Å²) in [6.45, 7) is -0.646. The van der Waals surface area contributed by atoms with Crippen molar-refractivity contribution in [3.8, 4) is 0 Å². The molecule has 0 aliphatic rings. The van der Waals surface area contributed by atoms with E-state index >= 15 is 0 Å². The van der Waals surface area contributed by atoms with Crippen LogP contribution in [0.3, 0.4) is 0 Å². The SMILES string of the molecule is Fc1c(Cl)ncc2c(NCC(F)F)nc(Cl)nc12. The van der Waals surface area contributed by atoms with E-state index < -0.39 is 18.8 Å². The van der Waals surface area contributed by atoms with Gasteiger partial charge in [0.15, 0.2) is 11.0 Å². The van der Waals surface area contributed by atoms with Gasteiger partial charge < -0.3 is 5.32 Å². The van der Waals surface area contributed by atoms with Crippen molar-refractivity contribution in [1.29, 1.82) is 0 Å². The van der Waals surface area contributed by atoms with Gasteiger partial charge in [0.1, 0.15) is 11.3 Å². The van der Waals surface area contributed by atoms with Crippen molar-refractivity contribution < 1.29 is 13.2 Å². The van der Waals surface area contributed by atoms with Crippen LogP contribution >= 0.6 is 23.2 Å². The van der Waals surface area contributed by atoms with Gasteiger partial charge in [-0.3, -0.25) is 0 Å². The number of nitrogens with zero attached hydrogens (tertiary/aromatic N) is 3. The third-order valence-electron chi connectivity index (χ3n) is 2.04. The van der Waals surface area contributed by atoms with Gasteiger partial charge in [-0.15, -0.1) is 0 Å². The van der Waals surface area contributed by atoms with E-state index in [1.807, 2.05) is 0 Å². The molecule has 0 aliphatic carbocycles. The maximum absolute atomic E-state index is 13.6.